The molecule has 28 heavy (non-hydrogen) atoms. The number of carbonyl (C=O) groups excluding carboxylic acids is 4. The Labute approximate surface area is 163 Å². The molecule has 1 aromatic rings. The van der Waals surface area contributed by atoms with Crippen LogP contribution in [0.25, 0.3) is 0 Å². The summed E-state index contributed by atoms with van der Waals surface area (Å²) >= 11 is 0. The van der Waals surface area contributed by atoms with E-state index in [9.17, 15) is 19.2 Å². The third kappa shape index (κ3) is 4.21. The van der Waals surface area contributed by atoms with E-state index in [-0.39, 0.29) is 11.8 Å². The zero-order valence-corrected chi connectivity index (χ0v) is 15.9. The molecule has 0 spiro atoms. The van der Waals surface area contributed by atoms with E-state index in [0.717, 1.165) is 10.6 Å². The summed E-state index contributed by atoms with van der Waals surface area (Å²) in [5.74, 6) is -2.75. The quantitative estimate of drug-likeness (QED) is 0.449. The molecule has 8 heteroatoms. The van der Waals surface area contributed by atoms with Gasteiger partial charge in [-0.15, -0.1) is 0 Å². The molecular weight excluding hydrogens is 362 g/mol. The fraction of sp³-hybridized carbons (Fsp3) is 0.400. The maximum atomic E-state index is 12.3. The third-order valence-electron chi connectivity index (χ3n) is 4.92. The van der Waals surface area contributed by atoms with Crippen molar-refractivity contribution in [3.05, 3.63) is 36.4 Å². The molecule has 0 saturated carbocycles. The average Bonchev–Trinajstić information content (AvgIpc) is 2.92. The van der Waals surface area contributed by atoms with E-state index >= 15 is 0 Å². The highest BCUT2D eigenvalue weighted by molar-refractivity contribution is 6.07. The van der Waals surface area contributed by atoms with Gasteiger partial charge in [0, 0.05) is 25.5 Å². The molecule has 0 aromatic heterocycles. The van der Waals surface area contributed by atoms with E-state index in [1.165, 1.54) is 0 Å². The van der Waals surface area contributed by atoms with Crippen LogP contribution in [0.5, 0.6) is 0 Å². The zero-order valence-electron chi connectivity index (χ0n) is 15.9. The third-order valence-corrected chi connectivity index (χ3v) is 4.92. The molecular formula is C20H23N3O5. The van der Waals surface area contributed by atoms with E-state index < -0.39 is 36.9 Å². The molecule has 3 rings (SSSR count). The van der Waals surface area contributed by atoms with E-state index in [2.05, 4.69) is 5.32 Å². The summed E-state index contributed by atoms with van der Waals surface area (Å²) in [7, 11) is 3.82. The average molecular weight is 385 g/mol. The van der Waals surface area contributed by atoms with E-state index in [0.29, 0.717) is 18.5 Å². The summed E-state index contributed by atoms with van der Waals surface area (Å²) in [6.07, 6.45) is 4.78. The van der Waals surface area contributed by atoms with Crippen LogP contribution in [0, 0.1) is 11.8 Å². The molecule has 0 radical (unpaired) electrons. The number of esters is 1. The van der Waals surface area contributed by atoms with Gasteiger partial charge in [-0.2, -0.15) is 0 Å². The highest BCUT2D eigenvalue weighted by Crippen LogP contribution is 2.34. The summed E-state index contributed by atoms with van der Waals surface area (Å²) in [6.45, 7) is -0.950. The number of hydrogen-bond acceptors (Lipinski definition) is 6. The summed E-state index contributed by atoms with van der Waals surface area (Å²) < 4.78 is 4.93. The van der Waals surface area contributed by atoms with Crippen molar-refractivity contribution in [3.8, 4) is 0 Å². The molecule has 1 aromatic carbocycles. The second kappa shape index (κ2) is 8.24. The molecule has 1 heterocycles. The SMILES string of the molecule is CN(C)c1ccc(NC(=O)COC(=O)CN2C(=O)[C@@H]3CC=CC[C@H]3C2=O)cc1. The van der Waals surface area contributed by atoms with Crippen LogP contribution in [-0.4, -0.2) is 55.8 Å². The smallest absolute Gasteiger partial charge is 0.326 e. The first-order valence-electron chi connectivity index (χ1n) is 9.10. The van der Waals surface area contributed by atoms with Crippen LogP contribution >= 0.6 is 0 Å². The number of fused-ring (bicyclic) bond motifs is 1. The number of nitrogens with one attached hydrogen (secondary N) is 1. The van der Waals surface area contributed by atoms with Gasteiger partial charge in [0.05, 0.1) is 11.8 Å². The van der Waals surface area contributed by atoms with Crippen LogP contribution in [0.1, 0.15) is 12.8 Å². The predicted molar refractivity (Wildman–Crippen MR) is 102 cm³/mol. The fourth-order valence-electron chi connectivity index (χ4n) is 3.39. The lowest BCUT2D eigenvalue weighted by Gasteiger charge is -2.14. The number of allylic oxidation sites excluding steroid dienone is 2. The number of amides is 3. The Bertz CT molecular complexity index is 790. The monoisotopic (exact) mass is 385 g/mol. The fourth-order valence-corrected chi connectivity index (χ4v) is 3.39. The van der Waals surface area contributed by atoms with Gasteiger partial charge in [0.15, 0.2) is 6.61 Å². The maximum absolute atomic E-state index is 12.3. The molecule has 2 aliphatic rings. The van der Waals surface area contributed by atoms with Crippen molar-refractivity contribution in [2.75, 3.05) is 37.5 Å². The Balaban J connectivity index is 1.47. The first-order chi connectivity index (χ1) is 13.4. The normalized spacial score (nSPS) is 20.7. The number of benzene rings is 1. The molecule has 0 unspecified atom stereocenters. The number of imide groups is 1. The van der Waals surface area contributed by atoms with E-state index in [4.69, 9.17) is 4.74 Å². The Morgan fingerprint density at radius 2 is 1.64 bits per heavy atom. The minimum atomic E-state index is -0.786. The van der Waals surface area contributed by atoms with Gasteiger partial charge < -0.3 is 15.0 Å². The van der Waals surface area contributed by atoms with Gasteiger partial charge >= 0.3 is 5.97 Å². The standard InChI is InChI=1S/C20H23N3O5/c1-22(2)14-9-7-13(8-10-14)21-17(24)12-28-18(25)11-23-19(26)15-5-3-4-6-16(15)20(23)27/h3-4,7-10,15-16H,5-6,11-12H2,1-2H3,(H,21,24)/t15-,16-/m1/s1. The summed E-state index contributed by atoms with van der Waals surface area (Å²) in [6, 6.07) is 7.18. The van der Waals surface area contributed by atoms with Crippen LogP contribution in [0.4, 0.5) is 11.4 Å². The van der Waals surface area contributed by atoms with Gasteiger partial charge in [0.2, 0.25) is 11.8 Å². The molecule has 8 nitrogen and oxygen atoms in total. The van der Waals surface area contributed by atoms with Crippen molar-refractivity contribution in [2.24, 2.45) is 11.8 Å². The van der Waals surface area contributed by atoms with Crippen molar-refractivity contribution in [3.63, 3.8) is 0 Å². The Morgan fingerprint density at radius 1 is 1.07 bits per heavy atom. The van der Waals surface area contributed by atoms with Crippen molar-refractivity contribution in [1.29, 1.82) is 0 Å². The molecule has 1 fully saturated rings. The minimum Gasteiger partial charge on any atom is -0.454 e. The van der Waals surface area contributed by atoms with Crippen molar-refractivity contribution < 1.29 is 23.9 Å². The highest BCUT2D eigenvalue weighted by atomic mass is 16.5. The number of rotatable bonds is 6. The summed E-state index contributed by atoms with van der Waals surface area (Å²) in [4.78, 5) is 51.5. The summed E-state index contributed by atoms with van der Waals surface area (Å²) in [5.41, 5.74) is 1.56. The first kappa shape index (κ1) is 19.6. The molecule has 1 aliphatic carbocycles. The van der Waals surface area contributed by atoms with Crippen molar-refractivity contribution >= 4 is 35.1 Å². The van der Waals surface area contributed by atoms with Gasteiger partial charge in [-0.1, -0.05) is 12.2 Å². The van der Waals surface area contributed by atoms with Crippen LogP contribution in [0.2, 0.25) is 0 Å². The Kier molecular flexibility index (Phi) is 5.77. The Hall–Kier alpha value is -3.16. The Morgan fingerprint density at radius 3 is 2.18 bits per heavy atom. The van der Waals surface area contributed by atoms with Crippen molar-refractivity contribution in [2.45, 2.75) is 12.8 Å². The molecule has 2 atom stereocenters. The lowest BCUT2D eigenvalue weighted by Crippen LogP contribution is -2.37. The lowest BCUT2D eigenvalue weighted by molar-refractivity contribution is -0.154. The van der Waals surface area contributed by atoms with Crippen molar-refractivity contribution in [1.82, 2.24) is 4.90 Å². The van der Waals surface area contributed by atoms with Crippen LogP contribution in [0.3, 0.4) is 0 Å². The van der Waals surface area contributed by atoms with Crippen LogP contribution in [0.15, 0.2) is 36.4 Å². The highest BCUT2D eigenvalue weighted by Gasteiger charge is 2.47. The molecule has 1 saturated heterocycles. The second-order valence-corrected chi connectivity index (χ2v) is 7.07. The number of hydrogen-bond donors (Lipinski definition) is 1. The maximum Gasteiger partial charge on any atom is 0.326 e. The van der Waals surface area contributed by atoms with Crippen LogP contribution in [-0.2, 0) is 23.9 Å². The molecule has 148 valence electrons. The van der Waals surface area contributed by atoms with Gasteiger partial charge in [-0.3, -0.25) is 24.1 Å². The number of carbonyl (C=O) groups is 4. The lowest BCUT2D eigenvalue weighted by atomic mass is 9.85. The number of anilines is 2. The first-order valence-corrected chi connectivity index (χ1v) is 9.10. The predicted octanol–water partition coefficient (Wildman–Crippen LogP) is 1.19. The van der Waals surface area contributed by atoms with Gasteiger partial charge in [-0.25, -0.2) is 0 Å². The van der Waals surface area contributed by atoms with Gasteiger partial charge in [-0.05, 0) is 37.1 Å². The van der Waals surface area contributed by atoms with Gasteiger partial charge in [0.1, 0.15) is 6.54 Å². The molecule has 1 N–H and O–H groups in total. The number of nitrogens with zero attached hydrogens (tertiary/aromatic N) is 2. The zero-order chi connectivity index (χ0) is 20.3. The topological polar surface area (TPSA) is 96.0 Å². The largest absolute Gasteiger partial charge is 0.454 e. The summed E-state index contributed by atoms with van der Waals surface area (Å²) in [5, 5.41) is 2.62. The van der Waals surface area contributed by atoms with Gasteiger partial charge in [0.25, 0.3) is 5.91 Å². The van der Waals surface area contributed by atoms with E-state index in [1.807, 2.05) is 43.3 Å². The molecule has 3 amide bonds. The molecule has 0 bridgehead atoms. The van der Waals surface area contributed by atoms with Crippen LogP contribution < -0.4 is 10.2 Å². The molecule has 1 aliphatic heterocycles. The second-order valence-electron chi connectivity index (χ2n) is 7.07. The number of likely N-dealkylation sites (tertiary alicyclic amines) is 1. The van der Waals surface area contributed by atoms with E-state index in [1.54, 1.807) is 12.1 Å². The minimum absolute atomic E-state index is 0.346. The number of ether oxygens (including phenoxy) is 1.